The highest BCUT2D eigenvalue weighted by molar-refractivity contribution is 5.99. The van der Waals surface area contributed by atoms with Crippen LogP contribution >= 0.6 is 0 Å². The second kappa shape index (κ2) is 7.48. The molecule has 0 radical (unpaired) electrons. The zero-order valence-corrected chi connectivity index (χ0v) is 17.3. The Labute approximate surface area is 167 Å². The highest BCUT2D eigenvalue weighted by Gasteiger charge is 2.36. The highest BCUT2D eigenvalue weighted by Crippen LogP contribution is 2.41. The number of aromatic nitrogens is 1. The molecule has 0 bridgehead atoms. The summed E-state index contributed by atoms with van der Waals surface area (Å²) in [5.74, 6) is 6.37. The van der Waals surface area contributed by atoms with Gasteiger partial charge in [-0.05, 0) is 57.0 Å². The Balaban J connectivity index is 1.81. The van der Waals surface area contributed by atoms with Crippen LogP contribution in [0.25, 0.3) is 16.5 Å². The van der Waals surface area contributed by atoms with Crippen LogP contribution in [0.1, 0.15) is 31.9 Å². The van der Waals surface area contributed by atoms with Gasteiger partial charge in [-0.25, -0.2) is 0 Å². The first-order valence-corrected chi connectivity index (χ1v) is 10.3. The van der Waals surface area contributed by atoms with Gasteiger partial charge in [-0.1, -0.05) is 24.1 Å². The minimum atomic E-state index is -0.0685. The molecule has 1 aromatic heterocycles. The highest BCUT2D eigenvalue weighted by atomic mass is 16.2. The molecular formula is C24H29N3O. The van der Waals surface area contributed by atoms with Gasteiger partial charge in [0, 0.05) is 42.8 Å². The quantitative estimate of drug-likeness (QED) is 0.767. The molecule has 4 nitrogen and oxygen atoms in total. The molecule has 2 unspecified atom stereocenters. The van der Waals surface area contributed by atoms with Gasteiger partial charge in [-0.3, -0.25) is 9.69 Å². The molecule has 2 aromatic rings. The first kappa shape index (κ1) is 18.8. The number of nitrogens with zero attached hydrogens (tertiary/aromatic N) is 3. The maximum absolute atomic E-state index is 13.0. The van der Waals surface area contributed by atoms with Crippen LogP contribution in [-0.2, 0) is 17.8 Å². The largest absolute Gasteiger partial charge is 0.343 e. The molecule has 0 saturated carbocycles. The molecule has 2 aliphatic rings. The fourth-order valence-electron chi connectivity index (χ4n) is 4.85. The lowest BCUT2D eigenvalue weighted by atomic mass is 9.79. The van der Waals surface area contributed by atoms with Crippen LogP contribution < -0.4 is 0 Å². The molecule has 1 aromatic carbocycles. The SMILES string of the molecule is CC#CCn1cc2c3c(cccc31)C1=CC(C(=O)N(CC)CC)CN(C)C1C2. The number of hydrogen-bond acceptors (Lipinski definition) is 2. The molecule has 4 heteroatoms. The van der Waals surface area contributed by atoms with Gasteiger partial charge in [0.25, 0.3) is 0 Å². The Morgan fingerprint density at radius 3 is 2.79 bits per heavy atom. The summed E-state index contributed by atoms with van der Waals surface area (Å²) in [6.45, 7) is 9.04. The summed E-state index contributed by atoms with van der Waals surface area (Å²) < 4.78 is 2.26. The molecule has 0 fully saturated rings. The van der Waals surface area contributed by atoms with E-state index in [9.17, 15) is 4.79 Å². The summed E-state index contributed by atoms with van der Waals surface area (Å²) in [4.78, 5) is 17.3. The third-order valence-corrected chi connectivity index (χ3v) is 6.28. The molecule has 146 valence electrons. The Kier molecular flexibility index (Phi) is 5.03. The third-order valence-electron chi connectivity index (χ3n) is 6.28. The van der Waals surface area contributed by atoms with Gasteiger partial charge < -0.3 is 9.47 Å². The van der Waals surface area contributed by atoms with Crippen LogP contribution in [0.3, 0.4) is 0 Å². The van der Waals surface area contributed by atoms with Crippen molar-refractivity contribution < 1.29 is 4.79 Å². The average molecular weight is 376 g/mol. The Morgan fingerprint density at radius 1 is 1.29 bits per heavy atom. The normalized spacial score (nSPS) is 20.9. The zero-order valence-electron chi connectivity index (χ0n) is 17.3. The Hall–Kier alpha value is -2.51. The van der Waals surface area contributed by atoms with Crippen molar-refractivity contribution in [3.63, 3.8) is 0 Å². The second-order valence-corrected chi connectivity index (χ2v) is 7.81. The molecule has 2 heterocycles. The molecule has 1 amide bonds. The van der Waals surface area contributed by atoms with Gasteiger partial charge in [0.15, 0.2) is 0 Å². The van der Waals surface area contributed by atoms with Crippen molar-refractivity contribution in [2.45, 2.75) is 39.8 Å². The van der Waals surface area contributed by atoms with E-state index >= 15 is 0 Å². The van der Waals surface area contributed by atoms with Gasteiger partial charge in [-0.15, -0.1) is 5.92 Å². The second-order valence-electron chi connectivity index (χ2n) is 7.81. The maximum atomic E-state index is 13.0. The van der Waals surface area contributed by atoms with Crippen molar-refractivity contribution in [2.24, 2.45) is 5.92 Å². The topological polar surface area (TPSA) is 28.5 Å². The maximum Gasteiger partial charge on any atom is 0.230 e. The molecule has 2 atom stereocenters. The summed E-state index contributed by atoms with van der Waals surface area (Å²) >= 11 is 0. The smallest absolute Gasteiger partial charge is 0.230 e. The molecule has 28 heavy (non-hydrogen) atoms. The van der Waals surface area contributed by atoms with Gasteiger partial charge in [0.2, 0.25) is 5.91 Å². The molecule has 0 saturated heterocycles. The van der Waals surface area contributed by atoms with Crippen LogP contribution in [0.15, 0.2) is 30.5 Å². The van der Waals surface area contributed by atoms with E-state index in [-0.39, 0.29) is 11.8 Å². The Bertz CT molecular complexity index is 1000. The van der Waals surface area contributed by atoms with E-state index in [1.165, 1.54) is 27.6 Å². The predicted octanol–water partition coefficient (Wildman–Crippen LogP) is 3.40. The van der Waals surface area contributed by atoms with Gasteiger partial charge in [-0.2, -0.15) is 0 Å². The first-order valence-electron chi connectivity index (χ1n) is 10.3. The fraction of sp³-hybridized carbons (Fsp3) is 0.458. The molecule has 1 aliphatic heterocycles. The van der Waals surface area contributed by atoms with E-state index in [0.717, 1.165) is 32.6 Å². The van der Waals surface area contributed by atoms with E-state index in [0.29, 0.717) is 6.04 Å². The van der Waals surface area contributed by atoms with Crippen molar-refractivity contribution in [3.05, 3.63) is 41.6 Å². The van der Waals surface area contributed by atoms with E-state index in [2.05, 4.69) is 72.7 Å². The summed E-state index contributed by atoms with van der Waals surface area (Å²) in [5, 5.41) is 1.34. The zero-order chi connectivity index (χ0) is 19.8. The number of carbonyl (C=O) groups excluding carboxylic acids is 1. The summed E-state index contributed by atoms with van der Waals surface area (Å²) in [5.41, 5.74) is 5.24. The number of hydrogen-bond donors (Lipinski definition) is 0. The summed E-state index contributed by atoms with van der Waals surface area (Å²) in [6, 6.07) is 6.88. The molecular weight excluding hydrogens is 346 g/mol. The van der Waals surface area contributed by atoms with Crippen LogP contribution in [0.4, 0.5) is 0 Å². The lowest BCUT2D eigenvalue weighted by Crippen LogP contribution is -2.47. The van der Waals surface area contributed by atoms with Crippen molar-refractivity contribution in [2.75, 3.05) is 26.7 Å². The monoisotopic (exact) mass is 375 g/mol. The Morgan fingerprint density at radius 2 is 2.07 bits per heavy atom. The summed E-state index contributed by atoms with van der Waals surface area (Å²) in [7, 11) is 2.16. The molecule has 0 spiro atoms. The van der Waals surface area contributed by atoms with E-state index in [1.54, 1.807) is 0 Å². The van der Waals surface area contributed by atoms with Gasteiger partial charge >= 0.3 is 0 Å². The molecule has 1 aliphatic carbocycles. The van der Waals surface area contributed by atoms with E-state index in [1.807, 2.05) is 11.8 Å². The molecule has 4 rings (SSSR count). The van der Waals surface area contributed by atoms with Crippen molar-refractivity contribution in [1.29, 1.82) is 0 Å². The first-order chi connectivity index (χ1) is 13.6. The van der Waals surface area contributed by atoms with Crippen molar-refractivity contribution in [1.82, 2.24) is 14.4 Å². The lowest BCUT2D eigenvalue weighted by molar-refractivity contribution is -0.134. The van der Waals surface area contributed by atoms with Gasteiger partial charge in [0.1, 0.15) is 0 Å². The van der Waals surface area contributed by atoms with Crippen LogP contribution in [0.5, 0.6) is 0 Å². The number of benzene rings is 1. The van der Waals surface area contributed by atoms with Crippen LogP contribution in [-0.4, -0.2) is 53.0 Å². The van der Waals surface area contributed by atoms with Crippen molar-refractivity contribution >= 4 is 22.4 Å². The minimum absolute atomic E-state index is 0.0685. The standard InChI is InChI=1S/C24H29N3O/c1-5-8-12-27-16-17-14-22-20(19-10-9-11-21(27)23(17)19)13-18(15-25(22)4)24(28)26(6-2)7-3/h9-11,13,16,18,22H,6-7,12,14-15H2,1-4H3. The number of amides is 1. The number of carbonyl (C=O) groups is 1. The number of fused-ring (bicyclic) bond motifs is 2. The van der Waals surface area contributed by atoms with Crippen LogP contribution in [0.2, 0.25) is 0 Å². The van der Waals surface area contributed by atoms with E-state index < -0.39 is 0 Å². The number of likely N-dealkylation sites (N-methyl/N-ethyl adjacent to an activating group) is 1. The third kappa shape index (κ3) is 2.95. The number of rotatable bonds is 4. The predicted molar refractivity (Wildman–Crippen MR) is 115 cm³/mol. The van der Waals surface area contributed by atoms with Crippen LogP contribution in [0, 0.1) is 17.8 Å². The minimum Gasteiger partial charge on any atom is -0.343 e. The van der Waals surface area contributed by atoms with E-state index in [4.69, 9.17) is 0 Å². The molecule has 0 N–H and O–H groups in total. The van der Waals surface area contributed by atoms with Gasteiger partial charge in [0.05, 0.1) is 12.5 Å². The van der Waals surface area contributed by atoms with Crippen molar-refractivity contribution in [3.8, 4) is 11.8 Å². The average Bonchev–Trinajstić information content (AvgIpc) is 3.06. The summed E-state index contributed by atoms with van der Waals surface area (Å²) in [6.07, 6.45) is 5.52. The lowest BCUT2D eigenvalue weighted by Gasteiger charge is -2.40. The fourth-order valence-corrected chi connectivity index (χ4v) is 4.85.